The zero-order valence-corrected chi connectivity index (χ0v) is 14.0. The molecule has 116 valence electrons. The van der Waals surface area contributed by atoms with E-state index in [1.165, 1.54) is 27.8 Å². The van der Waals surface area contributed by atoms with E-state index in [4.69, 9.17) is 5.73 Å². The SMILES string of the molecule is Cc1ccc(C(C)(c2ccc(C)cc2)c2ccc(N)cc2)cc1. The minimum atomic E-state index is -0.199. The highest BCUT2D eigenvalue weighted by Crippen LogP contribution is 2.39. The van der Waals surface area contributed by atoms with Gasteiger partial charge in [0.2, 0.25) is 0 Å². The molecule has 0 aliphatic rings. The second-order valence-corrected chi connectivity index (χ2v) is 6.48. The Morgan fingerprint density at radius 3 is 1.22 bits per heavy atom. The summed E-state index contributed by atoms with van der Waals surface area (Å²) in [5, 5.41) is 0. The monoisotopic (exact) mass is 301 g/mol. The smallest absolute Gasteiger partial charge is 0.0423 e. The molecule has 0 atom stereocenters. The summed E-state index contributed by atoms with van der Waals surface area (Å²) < 4.78 is 0. The highest BCUT2D eigenvalue weighted by atomic mass is 14.5. The topological polar surface area (TPSA) is 26.0 Å². The van der Waals surface area contributed by atoms with Crippen LogP contribution in [0.3, 0.4) is 0 Å². The van der Waals surface area contributed by atoms with Crippen molar-refractivity contribution in [3.05, 3.63) is 101 Å². The molecule has 0 aliphatic heterocycles. The zero-order valence-electron chi connectivity index (χ0n) is 14.0. The van der Waals surface area contributed by atoms with Crippen LogP contribution in [0.4, 0.5) is 5.69 Å². The van der Waals surface area contributed by atoms with Crippen molar-refractivity contribution in [2.24, 2.45) is 0 Å². The Hall–Kier alpha value is -2.54. The number of anilines is 1. The third kappa shape index (κ3) is 2.87. The molecule has 0 fully saturated rings. The van der Waals surface area contributed by atoms with Gasteiger partial charge in [0.25, 0.3) is 0 Å². The number of rotatable bonds is 3. The Labute approximate surface area is 138 Å². The average Bonchev–Trinajstić information content (AvgIpc) is 2.56. The standard InChI is InChI=1S/C22H23N/c1-16-4-8-18(9-5-16)22(3,19-10-6-17(2)7-11-19)20-12-14-21(23)15-13-20/h4-15H,23H2,1-3H3. The van der Waals surface area contributed by atoms with Gasteiger partial charge in [-0.2, -0.15) is 0 Å². The number of hydrogen-bond donors (Lipinski definition) is 1. The van der Waals surface area contributed by atoms with Crippen LogP contribution in [-0.2, 0) is 5.41 Å². The van der Waals surface area contributed by atoms with E-state index in [1.54, 1.807) is 0 Å². The lowest BCUT2D eigenvalue weighted by Crippen LogP contribution is -2.25. The van der Waals surface area contributed by atoms with Crippen molar-refractivity contribution in [3.8, 4) is 0 Å². The lowest BCUT2D eigenvalue weighted by atomic mass is 9.71. The molecule has 2 N–H and O–H groups in total. The van der Waals surface area contributed by atoms with E-state index in [2.05, 4.69) is 81.4 Å². The molecule has 1 nitrogen and oxygen atoms in total. The Morgan fingerprint density at radius 2 is 0.870 bits per heavy atom. The minimum Gasteiger partial charge on any atom is -0.399 e. The number of nitrogens with two attached hydrogens (primary N) is 1. The molecule has 0 saturated heterocycles. The fourth-order valence-electron chi connectivity index (χ4n) is 3.09. The van der Waals surface area contributed by atoms with Gasteiger partial charge in [-0.05, 0) is 49.6 Å². The first-order chi connectivity index (χ1) is 11.0. The van der Waals surface area contributed by atoms with Crippen molar-refractivity contribution in [2.45, 2.75) is 26.2 Å². The van der Waals surface area contributed by atoms with Crippen molar-refractivity contribution in [1.29, 1.82) is 0 Å². The van der Waals surface area contributed by atoms with Crippen molar-refractivity contribution in [1.82, 2.24) is 0 Å². The summed E-state index contributed by atoms with van der Waals surface area (Å²) in [5.41, 5.74) is 12.9. The van der Waals surface area contributed by atoms with E-state index in [1.807, 2.05) is 12.1 Å². The van der Waals surface area contributed by atoms with Crippen LogP contribution in [0.1, 0.15) is 34.7 Å². The van der Waals surface area contributed by atoms with Crippen LogP contribution in [0, 0.1) is 13.8 Å². The molecule has 0 heterocycles. The molecule has 0 spiro atoms. The van der Waals surface area contributed by atoms with Gasteiger partial charge in [0.15, 0.2) is 0 Å². The van der Waals surface area contributed by atoms with E-state index in [-0.39, 0.29) is 5.41 Å². The molecular formula is C22H23N. The molecule has 0 radical (unpaired) electrons. The Kier molecular flexibility index (Phi) is 3.96. The van der Waals surface area contributed by atoms with Crippen LogP contribution < -0.4 is 5.73 Å². The molecule has 0 unspecified atom stereocenters. The minimum absolute atomic E-state index is 0.199. The summed E-state index contributed by atoms with van der Waals surface area (Å²) in [6, 6.07) is 25.9. The molecule has 3 rings (SSSR count). The van der Waals surface area contributed by atoms with Crippen LogP contribution >= 0.6 is 0 Å². The largest absolute Gasteiger partial charge is 0.399 e. The van der Waals surface area contributed by atoms with Gasteiger partial charge in [-0.3, -0.25) is 0 Å². The molecule has 3 aromatic rings. The first kappa shape index (κ1) is 15.4. The quantitative estimate of drug-likeness (QED) is 0.519. The number of benzene rings is 3. The van der Waals surface area contributed by atoms with E-state index in [0.29, 0.717) is 0 Å². The van der Waals surface area contributed by atoms with Gasteiger partial charge in [-0.15, -0.1) is 0 Å². The summed E-state index contributed by atoms with van der Waals surface area (Å²) in [6.07, 6.45) is 0. The van der Waals surface area contributed by atoms with Gasteiger partial charge < -0.3 is 5.73 Å². The first-order valence-corrected chi connectivity index (χ1v) is 8.00. The van der Waals surface area contributed by atoms with Crippen LogP contribution in [0.5, 0.6) is 0 Å². The van der Waals surface area contributed by atoms with Gasteiger partial charge in [0.05, 0.1) is 0 Å². The second kappa shape index (κ2) is 5.92. The second-order valence-electron chi connectivity index (χ2n) is 6.48. The fraction of sp³-hybridized carbons (Fsp3) is 0.182. The third-order valence-electron chi connectivity index (χ3n) is 4.75. The van der Waals surface area contributed by atoms with Crippen molar-refractivity contribution in [2.75, 3.05) is 5.73 Å². The zero-order chi connectivity index (χ0) is 16.4. The van der Waals surface area contributed by atoms with E-state index in [0.717, 1.165) is 5.69 Å². The van der Waals surface area contributed by atoms with Crippen molar-refractivity contribution >= 4 is 5.69 Å². The Balaban J connectivity index is 2.21. The van der Waals surface area contributed by atoms with Crippen LogP contribution in [-0.4, -0.2) is 0 Å². The maximum atomic E-state index is 5.89. The molecule has 1 heteroatoms. The lowest BCUT2D eigenvalue weighted by Gasteiger charge is -2.32. The molecule has 0 saturated carbocycles. The van der Waals surface area contributed by atoms with Gasteiger partial charge in [0, 0.05) is 11.1 Å². The summed E-state index contributed by atoms with van der Waals surface area (Å²) >= 11 is 0. The number of aryl methyl sites for hydroxylation is 2. The van der Waals surface area contributed by atoms with Crippen LogP contribution in [0.15, 0.2) is 72.8 Å². The third-order valence-corrected chi connectivity index (χ3v) is 4.75. The van der Waals surface area contributed by atoms with Gasteiger partial charge in [-0.1, -0.05) is 71.8 Å². The lowest BCUT2D eigenvalue weighted by molar-refractivity contribution is 0.692. The van der Waals surface area contributed by atoms with E-state index in [9.17, 15) is 0 Å². The summed E-state index contributed by atoms with van der Waals surface area (Å²) in [7, 11) is 0. The highest BCUT2D eigenvalue weighted by Gasteiger charge is 2.30. The fourth-order valence-corrected chi connectivity index (χ4v) is 3.09. The van der Waals surface area contributed by atoms with E-state index >= 15 is 0 Å². The summed E-state index contributed by atoms with van der Waals surface area (Å²) in [6.45, 7) is 6.53. The molecule has 0 aromatic heterocycles. The highest BCUT2D eigenvalue weighted by molar-refractivity contribution is 5.52. The molecule has 3 aromatic carbocycles. The molecule has 0 bridgehead atoms. The first-order valence-electron chi connectivity index (χ1n) is 8.00. The maximum Gasteiger partial charge on any atom is 0.0423 e. The molecule has 0 aliphatic carbocycles. The average molecular weight is 301 g/mol. The Morgan fingerprint density at radius 1 is 0.565 bits per heavy atom. The predicted molar refractivity (Wildman–Crippen MR) is 98.8 cm³/mol. The maximum absolute atomic E-state index is 5.89. The van der Waals surface area contributed by atoms with Gasteiger partial charge in [-0.25, -0.2) is 0 Å². The molecule has 23 heavy (non-hydrogen) atoms. The summed E-state index contributed by atoms with van der Waals surface area (Å²) in [4.78, 5) is 0. The Bertz CT molecular complexity index is 670. The molecule has 0 amide bonds. The van der Waals surface area contributed by atoms with E-state index < -0.39 is 0 Å². The normalized spacial score (nSPS) is 11.4. The van der Waals surface area contributed by atoms with Crippen molar-refractivity contribution in [3.63, 3.8) is 0 Å². The molecular weight excluding hydrogens is 278 g/mol. The predicted octanol–water partition coefficient (Wildman–Crippen LogP) is 5.24. The van der Waals surface area contributed by atoms with Crippen molar-refractivity contribution < 1.29 is 0 Å². The van der Waals surface area contributed by atoms with Crippen LogP contribution in [0.25, 0.3) is 0 Å². The summed E-state index contributed by atoms with van der Waals surface area (Å²) in [5.74, 6) is 0. The van der Waals surface area contributed by atoms with Gasteiger partial charge in [0.1, 0.15) is 0 Å². The number of nitrogen functional groups attached to an aromatic ring is 1. The van der Waals surface area contributed by atoms with Crippen LogP contribution in [0.2, 0.25) is 0 Å². The number of hydrogen-bond acceptors (Lipinski definition) is 1. The van der Waals surface area contributed by atoms with Gasteiger partial charge >= 0.3 is 0 Å².